The van der Waals surface area contributed by atoms with Crippen LogP contribution >= 0.6 is 11.3 Å². The van der Waals surface area contributed by atoms with Gasteiger partial charge in [0.05, 0.1) is 18.1 Å². The second-order valence-electron chi connectivity index (χ2n) is 4.58. The zero-order valence-electron chi connectivity index (χ0n) is 12.1. The standard InChI is InChI=1S/C15H10F2N4O2S/c16-4-11-7-24-15(20-11)21-14(22)9-1-10(17)3-12(2-9)23-13-5-18-8-19-6-13/h1-3,5-8H,4H2,(H,20,21,22). The Bertz CT molecular complexity index is 858. The molecule has 0 fully saturated rings. The largest absolute Gasteiger partial charge is 0.454 e. The Balaban J connectivity index is 1.78. The molecule has 1 amide bonds. The number of carbonyl (C=O) groups is 1. The molecule has 0 aliphatic carbocycles. The van der Waals surface area contributed by atoms with Gasteiger partial charge in [-0.15, -0.1) is 11.3 Å². The lowest BCUT2D eigenvalue weighted by Crippen LogP contribution is -2.12. The van der Waals surface area contributed by atoms with Gasteiger partial charge in [-0.3, -0.25) is 10.1 Å². The van der Waals surface area contributed by atoms with Gasteiger partial charge in [-0.05, 0) is 12.1 Å². The number of ether oxygens (including phenoxy) is 1. The van der Waals surface area contributed by atoms with Crippen molar-refractivity contribution in [3.05, 3.63) is 59.4 Å². The molecule has 0 aliphatic heterocycles. The maximum absolute atomic E-state index is 13.7. The maximum Gasteiger partial charge on any atom is 0.257 e. The smallest absolute Gasteiger partial charge is 0.257 e. The quantitative estimate of drug-likeness (QED) is 0.762. The average Bonchev–Trinajstić information content (AvgIpc) is 3.03. The predicted octanol–water partition coefficient (Wildman–Crippen LogP) is 3.59. The molecule has 0 saturated carbocycles. The third-order valence-corrected chi connectivity index (χ3v) is 3.62. The maximum atomic E-state index is 13.7. The molecule has 0 bridgehead atoms. The topological polar surface area (TPSA) is 77.0 Å². The number of hydrogen-bond donors (Lipinski definition) is 1. The molecule has 0 radical (unpaired) electrons. The highest BCUT2D eigenvalue weighted by molar-refractivity contribution is 7.13. The molecule has 1 N–H and O–H groups in total. The molecule has 6 nitrogen and oxygen atoms in total. The van der Waals surface area contributed by atoms with Gasteiger partial charge in [0.25, 0.3) is 5.91 Å². The lowest BCUT2D eigenvalue weighted by Gasteiger charge is -2.07. The fourth-order valence-corrected chi connectivity index (χ4v) is 2.51. The van der Waals surface area contributed by atoms with Gasteiger partial charge in [0.2, 0.25) is 0 Å². The molecule has 0 atom stereocenters. The first-order valence-electron chi connectivity index (χ1n) is 6.69. The number of halogens is 2. The Kier molecular flexibility index (Phi) is 4.71. The molecule has 24 heavy (non-hydrogen) atoms. The summed E-state index contributed by atoms with van der Waals surface area (Å²) < 4.78 is 31.6. The van der Waals surface area contributed by atoms with E-state index in [1.165, 1.54) is 30.2 Å². The highest BCUT2D eigenvalue weighted by Gasteiger charge is 2.13. The van der Waals surface area contributed by atoms with Crippen LogP contribution in [0.2, 0.25) is 0 Å². The zero-order chi connectivity index (χ0) is 16.9. The van der Waals surface area contributed by atoms with Gasteiger partial charge in [0.1, 0.15) is 24.6 Å². The van der Waals surface area contributed by atoms with E-state index in [9.17, 15) is 13.6 Å². The number of rotatable bonds is 5. The molecule has 0 unspecified atom stereocenters. The van der Waals surface area contributed by atoms with Crippen molar-refractivity contribution in [2.75, 3.05) is 5.32 Å². The van der Waals surface area contributed by atoms with E-state index >= 15 is 0 Å². The van der Waals surface area contributed by atoms with E-state index < -0.39 is 18.4 Å². The van der Waals surface area contributed by atoms with Gasteiger partial charge in [-0.2, -0.15) is 0 Å². The molecule has 0 saturated heterocycles. The van der Waals surface area contributed by atoms with Crippen LogP contribution in [-0.4, -0.2) is 20.9 Å². The zero-order valence-corrected chi connectivity index (χ0v) is 12.9. The highest BCUT2D eigenvalue weighted by Crippen LogP contribution is 2.23. The first-order valence-corrected chi connectivity index (χ1v) is 7.57. The van der Waals surface area contributed by atoms with Gasteiger partial charge >= 0.3 is 0 Å². The Morgan fingerprint density at radius 2 is 2.00 bits per heavy atom. The number of hydrogen-bond acceptors (Lipinski definition) is 6. The van der Waals surface area contributed by atoms with Crippen LogP contribution in [0, 0.1) is 5.82 Å². The van der Waals surface area contributed by atoms with E-state index in [4.69, 9.17) is 4.74 Å². The predicted molar refractivity (Wildman–Crippen MR) is 83.4 cm³/mol. The van der Waals surface area contributed by atoms with Crippen molar-refractivity contribution >= 4 is 22.4 Å². The van der Waals surface area contributed by atoms with E-state index in [-0.39, 0.29) is 22.1 Å². The summed E-state index contributed by atoms with van der Waals surface area (Å²) in [5.41, 5.74) is 0.265. The lowest BCUT2D eigenvalue weighted by molar-refractivity contribution is 0.102. The molecule has 2 aromatic heterocycles. The fraction of sp³-hybridized carbons (Fsp3) is 0.0667. The molecule has 3 rings (SSSR count). The first-order chi connectivity index (χ1) is 11.6. The summed E-state index contributed by atoms with van der Waals surface area (Å²) in [5.74, 6) is -0.790. The van der Waals surface area contributed by atoms with Crippen molar-refractivity contribution < 1.29 is 18.3 Å². The number of aromatic nitrogens is 3. The number of amides is 1. The molecule has 122 valence electrons. The van der Waals surface area contributed by atoms with Crippen molar-refractivity contribution in [1.29, 1.82) is 0 Å². The summed E-state index contributed by atoms with van der Waals surface area (Å²) in [6, 6.07) is 3.57. The second-order valence-corrected chi connectivity index (χ2v) is 5.44. The van der Waals surface area contributed by atoms with Crippen LogP contribution < -0.4 is 10.1 Å². The van der Waals surface area contributed by atoms with E-state index in [1.807, 2.05) is 0 Å². The fourth-order valence-electron chi connectivity index (χ4n) is 1.82. The SMILES string of the molecule is O=C(Nc1nc(CF)cs1)c1cc(F)cc(Oc2cncnc2)c1. The van der Waals surface area contributed by atoms with E-state index in [1.54, 1.807) is 0 Å². The second kappa shape index (κ2) is 7.09. The number of carbonyl (C=O) groups excluding carboxylic acids is 1. The number of anilines is 1. The van der Waals surface area contributed by atoms with E-state index in [0.717, 1.165) is 23.5 Å². The van der Waals surface area contributed by atoms with Crippen LogP contribution in [0.15, 0.2) is 42.3 Å². The average molecular weight is 348 g/mol. The van der Waals surface area contributed by atoms with Crippen molar-refractivity contribution in [3.63, 3.8) is 0 Å². The Labute approximate surface area is 139 Å². The Morgan fingerprint density at radius 1 is 1.21 bits per heavy atom. The van der Waals surface area contributed by atoms with Crippen LogP contribution in [-0.2, 0) is 6.67 Å². The molecular formula is C15H10F2N4O2S. The Hall–Kier alpha value is -2.94. The van der Waals surface area contributed by atoms with Crippen LogP contribution in [0.1, 0.15) is 16.1 Å². The number of nitrogens with one attached hydrogen (secondary N) is 1. The van der Waals surface area contributed by atoms with E-state index in [0.29, 0.717) is 5.75 Å². The molecule has 0 aliphatic rings. The monoisotopic (exact) mass is 348 g/mol. The summed E-state index contributed by atoms with van der Waals surface area (Å²) in [4.78, 5) is 23.6. The summed E-state index contributed by atoms with van der Waals surface area (Å²) in [6.07, 6.45) is 4.15. The van der Waals surface area contributed by atoms with Crippen LogP contribution in [0.4, 0.5) is 13.9 Å². The Morgan fingerprint density at radius 3 is 2.71 bits per heavy atom. The minimum atomic E-state index is -0.719. The van der Waals surface area contributed by atoms with Crippen LogP contribution in [0.5, 0.6) is 11.5 Å². The molecule has 0 spiro atoms. The third-order valence-electron chi connectivity index (χ3n) is 2.82. The molecule has 2 heterocycles. The molecule has 9 heteroatoms. The minimum absolute atomic E-state index is 0.0406. The van der Waals surface area contributed by atoms with E-state index in [2.05, 4.69) is 20.3 Å². The number of thiazole rings is 1. The minimum Gasteiger partial charge on any atom is -0.454 e. The van der Waals surface area contributed by atoms with Crippen LogP contribution in [0.3, 0.4) is 0 Å². The van der Waals surface area contributed by atoms with Crippen molar-refractivity contribution in [2.24, 2.45) is 0 Å². The third kappa shape index (κ3) is 3.87. The molecule has 1 aromatic carbocycles. The first kappa shape index (κ1) is 15.9. The number of alkyl halides is 1. The van der Waals surface area contributed by atoms with Gasteiger partial charge in [-0.25, -0.2) is 23.7 Å². The summed E-state index contributed by atoms with van der Waals surface area (Å²) in [7, 11) is 0. The number of benzene rings is 1. The normalized spacial score (nSPS) is 10.4. The van der Waals surface area contributed by atoms with Crippen molar-refractivity contribution in [3.8, 4) is 11.5 Å². The number of nitrogens with zero attached hydrogens (tertiary/aromatic N) is 3. The molecular weight excluding hydrogens is 338 g/mol. The van der Waals surface area contributed by atoms with Gasteiger partial charge in [0, 0.05) is 17.0 Å². The van der Waals surface area contributed by atoms with Crippen LogP contribution in [0.25, 0.3) is 0 Å². The summed E-state index contributed by atoms with van der Waals surface area (Å²) in [6.45, 7) is -0.719. The van der Waals surface area contributed by atoms with Gasteiger partial charge in [-0.1, -0.05) is 0 Å². The van der Waals surface area contributed by atoms with Gasteiger partial charge < -0.3 is 4.74 Å². The van der Waals surface area contributed by atoms with Crippen molar-refractivity contribution in [2.45, 2.75) is 6.67 Å². The summed E-state index contributed by atoms with van der Waals surface area (Å²) in [5, 5.41) is 4.21. The lowest BCUT2D eigenvalue weighted by atomic mass is 10.2. The molecule has 3 aromatic rings. The van der Waals surface area contributed by atoms with Crippen molar-refractivity contribution in [1.82, 2.24) is 15.0 Å². The summed E-state index contributed by atoms with van der Waals surface area (Å²) >= 11 is 1.08. The highest BCUT2D eigenvalue weighted by atomic mass is 32.1. The van der Waals surface area contributed by atoms with Gasteiger partial charge in [0.15, 0.2) is 10.9 Å².